The minimum absolute atomic E-state index is 0.0857. The summed E-state index contributed by atoms with van der Waals surface area (Å²) in [6, 6.07) is 21.6. The van der Waals surface area contributed by atoms with Gasteiger partial charge in [0.05, 0.1) is 25.2 Å². The molecule has 0 aliphatic heterocycles. The van der Waals surface area contributed by atoms with Gasteiger partial charge in [0, 0.05) is 5.56 Å². The molecule has 1 saturated carbocycles. The number of fused-ring (bicyclic) bond motifs is 1. The molecular formula is C27H24O4. The van der Waals surface area contributed by atoms with Crippen molar-refractivity contribution in [2.75, 3.05) is 14.2 Å². The van der Waals surface area contributed by atoms with Crippen LogP contribution in [0.15, 0.2) is 75.9 Å². The third-order valence-electron chi connectivity index (χ3n) is 6.21. The lowest BCUT2D eigenvalue weighted by molar-refractivity contribution is 0.353. The van der Waals surface area contributed by atoms with Gasteiger partial charge in [-0.2, -0.15) is 0 Å². The molecule has 1 fully saturated rings. The maximum absolute atomic E-state index is 13.7. The number of hydrogen-bond acceptors (Lipinski definition) is 4. The second-order valence-electron chi connectivity index (χ2n) is 7.93. The van der Waals surface area contributed by atoms with Crippen molar-refractivity contribution in [1.82, 2.24) is 0 Å². The molecule has 3 aromatic carbocycles. The summed E-state index contributed by atoms with van der Waals surface area (Å²) in [6.45, 7) is 0. The molecule has 0 bridgehead atoms. The van der Waals surface area contributed by atoms with E-state index in [4.69, 9.17) is 13.9 Å². The molecule has 0 spiro atoms. The van der Waals surface area contributed by atoms with Crippen LogP contribution in [-0.4, -0.2) is 14.2 Å². The summed E-state index contributed by atoms with van der Waals surface area (Å²) in [5.41, 5.74) is 3.90. The molecule has 0 radical (unpaired) electrons. The first-order valence-electron chi connectivity index (χ1n) is 10.6. The standard InChI is InChI=1S/C27H24O4/c1-29-22-16-15-21-24(28)23(19-13-11-18(12-14-19)17-9-6-10-17)25(20-7-4-3-5-8-20)31-26(21)27(22)30-2/h3-5,7-8,11-17H,6,9-10H2,1-2H3. The van der Waals surface area contributed by atoms with Gasteiger partial charge in [-0.05, 0) is 42.0 Å². The normalized spacial score (nSPS) is 13.7. The average molecular weight is 412 g/mol. The van der Waals surface area contributed by atoms with Gasteiger partial charge in [0.1, 0.15) is 5.76 Å². The Morgan fingerprint density at radius 2 is 1.58 bits per heavy atom. The van der Waals surface area contributed by atoms with Crippen molar-refractivity contribution in [2.24, 2.45) is 0 Å². The van der Waals surface area contributed by atoms with E-state index in [0.29, 0.717) is 39.7 Å². The van der Waals surface area contributed by atoms with E-state index >= 15 is 0 Å². The third kappa shape index (κ3) is 3.28. The first-order chi connectivity index (χ1) is 15.2. The summed E-state index contributed by atoms with van der Waals surface area (Å²) in [7, 11) is 3.12. The summed E-state index contributed by atoms with van der Waals surface area (Å²) in [5.74, 6) is 2.12. The lowest BCUT2D eigenvalue weighted by Gasteiger charge is -2.25. The van der Waals surface area contributed by atoms with Gasteiger partial charge in [-0.1, -0.05) is 61.0 Å². The van der Waals surface area contributed by atoms with E-state index in [1.54, 1.807) is 26.4 Å². The number of methoxy groups -OCH3 is 2. The lowest BCUT2D eigenvalue weighted by Crippen LogP contribution is -2.10. The van der Waals surface area contributed by atoms with Crippen LogP contribution in [0.25, 0.3) is 33.4 Å². The number of ether oxygens (including phenoxy) is 2. The van der Waals surface area contributed by atoms with Crippen molar-refractivity contribution in [2.45, 2.75) is 25.2 Å². The molecule has 0 N–H and O–H groups in total. The zero-order valence-corrected chi connectivity index (χ0v) is 17.7. The maximum Gasteiger partial charge on any atom is 0.204 e. The van der Waals surface area contributed by atoms with Crippen LogP contribution in [0.2, 0.25) is 0 Å². The van der Waals surface area contributed by atoms with Gasteiger partial charge in [0.25, 0.3) is 0 Å². The molecule has 0 unspecified atom stereocenters. The molecule has 1 heterocycles. The SMILES string of the molecule is COc1ccc2c(=O)c(-c3ccc(C4CCC4)cc3)c(-c3ccccc3)oc2c1OC. The molecule has 0 saturated heterocycles. The molecule has 1 aliphatic rings. The van der Waals surface area contributed by atoms with E-state index in [1.807, 2.05) is 42.5 Å². The van der Waals surface area contributed by atoms with Gasteiger partial charge in [-0.25, -0.2) is 0 Å². The summed E-state index contributed by atoms with van der Waals surface area (Å²) in [6.07, 6.45) is 3.78. The first kappa shape index (κ1) is 19.4. The van der Waals surface area contributed by atoms with Crippen molar-refractivity contribution in [3.8, 4) is 33.9 Å². The Balaban J connectivity index is 1.78. The lowest BCUT2D eigenvalue weighted by atomic mass is 9.80. The molecule has 5 rings (SSSR count). The van der Waals surface area contributed by atoms with E-state index < -0.39 is 0 Å². The maximum atomic E-state index is 13.7. The highest BCUT2D eigenvalue weighted by Crippen LogP contribution is 2.41. The van der Waals surface area contributed by atoms with Gasteiger partial charge in [0.15, 0.2) is 11.3 Å². The molecule has 31 heavy (non-hydrogen) atoms. The molecule has 156 valence electrons. The fraction of sp³-hybridized carbons (Fsp3) is 0.222. The van der Waals surface area contributed by atoms with E-state index in [0.717, 1.165) is 11.1 Å². The zero-order chi connectivity index (χ0) is 21.4. The Bertz CT molecular complexity index is 1280. The third-order valence-corrected chi connectivity index (χ3v) is 6.21. The van der Waals surface area contributed by atoms with Crippen LogP contribution < -0.4 is 14.9 Å². The molecule has 1 aromatic heterocycles. The Hall–Kier alpha value is -3.53. The summed E-state index contributed by atoms with van der Waals surface area (Å²) in [4.78, 5) is 13.7. The highest BCUT2D eigenvalue weighted by Gasteiger charge is 2.23. The van der Waals surface area contributed by atoms with Crippen LogP contribution in [0.1, 0.15) is 30.7 Å². The quantitative estimate of drug-likeness (QED) is 0.380. The smallest absolute Gasteiger partial charge is 0.204 e. The van der Waals surface area contributed by atoms with Crippen molar-refractivity contribution in [3.63, 3.8) is 0 Å². The van der Waals surface area contributed by atoms with Gasteiger partial charge in [-0.15, -0.1) is 0 Å². The number of rotatable bonds is 5. The summed E-state index contributed by atoms with van der Waals surface area (Å²) >= 11 is 0. The van der Waals surface area contributed by atoms with E-state index in [-0.39, 0.29) is 5.43 Å². The Labute approximate surface area is 181 Å². The zero-order valence-electron chi connectivity index (χ0n) is 17.7. The number of hydrogen-bond donors (Lipinski definition) is 0. The Morgan fingerprint density at radius 3 is 2.19 bits per heavy atom. The Morgan fingerprint density at radius 1 is 0.839 bits per heavy atom. The summed E-state index contributed by atoms with van der Waals surface area (Å²) in [5, 5.41) is 0.468. The minimum Gasteiger partial charge on any atom is -0.493 e. The van der Waals surface area contributed by atoms with Gasteiger partial charge < -0.3 is 13.9 Å². The van der Waals surface area contributed by atoms with Crippen LogP contribution >= 0.6 is 0 Å². The van der Waals surface area contributed by atoms with Gasteiger partial charge in [-0.3, -0.25) is 4.79 Å². The highest BCUT2D eigenvalue weighted by atomic mass is 16.5. The van der Waals surface area contributed by atoms with E-state index in [2.05, 4.69) is 12.1 Å². The molecule has 4 aromatic rings. The molecule has 4 heteroatoms. The minimum atomic E-state index is -0.0857. The van der Waals surface area contributed by atoms with Crippen LogP contribution in [-0.2, 0) is 0 Å². The number of benzene rings is 3. The topological polar surface area (TPSA) is 48.7 Å². The van der Waals surface area contributed by atoms with Gasteiger partial charge in [0.2, 0.25) is 11.2 Å². The van der Waals surface area contributed by atoms with Crippen molar-refractivity contribution in [3.05, 3.63) is 82.5 Å². The molecule has 0 amide bonds. The van der Waals surface area contributed by atoms with Crippen LogP contribution in [0.3, 0.4) is 0 Å². The molecule has 1 aliphatic carbocycles. The second kappa shape index (κ2) is 7.95. The molecule has 4 nitrogen and oxygen atoms in total. The predicted molar refractivity (Wildman–Crippen MR) is 123 cm³/mol. The predicted octanol–water partition coefficient (Wildman–Crippen LogP) is 6.41. The van der Waals surface area contributed by atoms with E-state index in [9.17, 15) is 4.79 Å². The molecular weight excluding hydrogens is 388 g/mol. The Kier molecular flexibility index (Phi) is 4.99. The first-order valence-corrected chi connectivity index (χ1v) is 10.6. The molecule has 0 atom stereocenters. The van der Waals surface area contributed by atoms with Crippen molar-refractivity contribution in [1.29, 1.82) is 0 Å². The van der Waals surface area contributed by atoms with Crippen LogP contribution in [0, 0.1) is 0 Å². The van der Waals surface area contributed by atoms with Crippen LogP contribution in [0.4, 0.5) is 0 Å². The van der Waals surface area contributed by atoms with Gasteiger partial charge >= 0.3 is 0 Å². The highest BCUT2D eigenvalue weighted by molar-refractivity contribution is 5.93. The van der Waals surface area contributed by atoms with Crippen molar-refractivity contribution < 1.29 is 13.9 Å². The summed E-state index contributed by atoms with van der Waals surface area (Å²) < 4.78 is 17.3. The monoisotopic (exact) mass is 412 g/mol. The second-order valence-corrected chi connectivity index (χ2v) is 7.93. The van der Waals surface area contributed by atoms with Crippen LogP contribution in [0.5, 0.6) is 11.5 Å². The fourth-order valence-corrected chi connectivity index (χ4v) is 4.29. The van der Waals surface area contributed by atoms with Crippen molar-refractivity contribution >= 4 is 11.0 Å². The fourth-order valence-electron chi connectivity index (χ4n) is 4.29. The average Bonchev–Trinajstić information content (AvgIpc) is 2.78. The van der Waals surface area contributed by atoms with E-state index in [1.165, 1.54) is 24.8 Å². The largest absolute Gasteiger partial charge is 0.493 e.